The SMILES string of the molecule is CCn1cc(CC(N)COCCOC)cn1. The molecule has 0 aliphatic heterocycles. The van der Waals surface area contributed by atoms with Gasteiger partial charge in [0.25, 0.3) is 0 Å². The van der Waals surface area contributed by atoms with Crippen LogP contribution in [-0.2, 0) is 22.4 Å². The summed E-state index contributed by atoms with van der Waals surface area (Å²) in [4.78, 5) is 0. The Morgan fingerprint density at radius 2 is 2.31 bits per heavy atom. The summed E-state index contributed by atoms with van der Waals surface area (Å²) in [5.74, 6) is 0. The Balaban J connectivity index is 2.20. The van der Waals surface area contributed by atoms with E-state index in [4.69, 9.17) is 15.2 Å². The molecule has 1 atom stereocenters. The second-order valence-corrected chi connectivity index (χ2v) is 3.74. The summed E-state index contributed by atoms with van der Waals surface area (Å²) in [7, 11) is 1.66. The second kappa shape index (κ2) is 7.38. The van der Waals surface area contributed by atoms with Crippen LogP contribution in [0.15, 0.2) is 12.4 Å². The molecule has 1 rings (SSSR count). The highest BCUT2D eigenvalue weighted by molar-refractivity contribution is 5.05. The molecule has 1 aromatic rings. The summed E-state index contributed by atoms with van der Waals surface area (Å²) in [6.07, 6.45) is 4.68. The minimum absolute atomic E-state index is 0.0198. The van der Waals surface area contributed by atoms with Gasteiger partial charge in [-0.2, -0.15) is 5.10 Å². The van der Waals surface area contributed by atoms with Gasteiger partial charge in [-0.25, -0.2) is 0 Å². The number of hydrogen-bond acceptors (Lipinski definition) is 4. The van der Waals surface area contributed by atoms with Crippen LogP contribution in [0.3, 0.4) is 0 Å². The first-order chi connectivity index (χ1) is 7.76. The summed E-state index contributed by atoms with van der Waals surface area (Å²) in [5, 5.41) is 4.20. The van der Waals surface area contributed by atoms with E-state index in [0.29, 0.717) is 19.8 Å². The lowest BCUT2D eigenvalue weighted by Gasteiger charge is -2.10. The quantitative estimate of drug-likeness (QED) is 0.654. The van der Waals surface area contributed by atoms with Crippen molar-refractivity contribution in [2.24, 2.45) is 5.73 Å². The summed E-state index contributed by atoms with van der Waals surface area (Å²) in [6.45, 7) is 4.71. The van der Waals surface area contributed by atoms with Gasteiger partial charge < -0.3 is 15.2 Å². The van der Waals surface area contributed by atoms with Crippen molar-refractivity contribution in [1.82, 2.24) is 9.78 Å². The van der Waals surface area contributed by atoms with Crippen molar-refractivity contribution in [3.05, 3.63) is 18.0 Å². The van der Waals surface area contributed by atoms with E-state index in [0.717, 1.165) is 18.5 Å². The molecule has 1 heterocycles. The minimum Gasteiger partial charge on any atom is -0.382 e. The van der Waals surface area contributed by atoms with Crippen molar-refractivity contribution in [2.75, 3.05) is 26.9 Å². The van der Waals surface area contributed by atoms with Gasteiger partial charge in [-0.15, -0.1) is 0 Å². The third-order valence-corrected chi connectivity index (χ3v) is 2.27. The molecule has 0 aromatic carbocycles. The van der Waals surface area contributed by atoms with E-state index in [1.54, 1.807) is 7.11 Å². The van der Waals surface area contributed by atoms with Crippen molar-refractivity contribution in [2.45, 2.75) is 25.9 Å². The Morgan fingerprint density at radius 1 is 1.50 bits per heavy atom. The van der Waals surface area contributed by atoms with E-state index in [1.165, 1.54) is 0 Å². The molecule has 0 spiro atoms. The van der Waals surface area contributed by atoms with Gasteiger partial charge in [-0.05, 0) is 18.9 Å². The summed E-state index contributed by atoms with van der Waals surface area (Å²) >= 11 is 0. The van der Waals surface area contributed by atoms with Crippen LogP contribution in [0.1, 0.15) is 12.5 Å². The maximum atomic E-state index is 5.94. The van der Waals surface area contributed by atoms with Crippen LogP contribution in [0.4, 0.5) is 0 Å². The van der Waals surface area contributed by atoms with Crippen LogP contribution in [0.2, 0.25) is 0 Å². The van der Waals surface area contributed by atoms with Crippen LogP contribution >= 0.6 is 0 Å². The second-order valence-electron chi connectivity index (χ2n) is 3.74. The fourth-order valence-corrected chi connectivity index (χ4v) is 1.42. The first kappa shape index (κ1) is 13.2. The van der Waals surface area contributed by atoms with E-state index >= 15 is 0 Å². The fraction of sp³-hybridized carbons (Fsp3) is 0.727. The molecule has 92 valence electrons. The largest absolute Gasteiger partial charge is 0.382 e. The number of hydrogen-bond donors (Lipinski definition) is 1. The monoisotopic (exact) mass is 227 g/mol. The van der Waals surface area contributed by atoms with Gasteiger partial charge in [0, 0.05) is 25.9 Å². The maximum Gasteiger partial charge on any atom is 0.0701 e. The zero-order valence-corrected chi connectivity index (χ0v) is 10.1. The summed E-state index contributed by atoms with van der Waals surface area (Å²) < 4.78 is 12.1. The van der Waals surface area contributed by atoms with Gasteiger partial charge in [-0.1, -0.05) is 0 Å². The first-order valence-corrected chi connectivity index (χ1v) is 5.59. The van der Waals surface area contributed by atoms with Crippen molar-refractivity contribution >= 4 is 0 Å². The molecule has 1 aromatic heterocycles. The topological polar surface area (TPSA) is 62.3 Å². The molecule has 0 fully saturated rings. The highest BCUT2D eigenvalue weighted by atomic mass is 16.5. The molecule has 2 N–H and O–H groups in total. The smallest absolute Gasteiger partial charge is 0.0701 e. The van der Waals surface area contributed by atoms with E-state index < -0.39 is 0 Å². The summed E-state index contributed by atoms with van der Waals surface area (Å²) in [5.41, 5.74) is 7.09. The minimum atomic E-state index is 0.0198. The highest BCUT2D eigenvalue weighted by Gasteiger charge is 2.06. The zero-order valence-electron chi connectivity index (χ0n) is 10.1. The van der Waals surface area contributed by atoms with E-state index in [2.05, 4.69) is 12.0 Å². The number of aromatic nitrogens is 2. The number of ether oxygens (including phenoxy) is 2. The lowest BCUT2D eigenvalue weighted by Crippen LogP contribution is -2.29. The number of nitrogens with two attached hydrogens (primary N) is 1. The number of aryl methyl sites for hydroxylation is 1. The van der Waals surface area contributed by atoms with E-state index in [-0.39, 0.29) is 6.04 Å². The molecule has 16 heavy (non-hydrogen) atoms. The molecular formula is C11H21N3O2. The standard InChI is InChI=1S/C11H21N3O2/c1-3-14-8-10(7-13-14)6-11(12)9-16-5-4-15-2/h7-8,11H,3-6,9,12H2,1-2H3. The Hall–Kier alpha value is -0.910. The lowest BCUT2D eigenvalue weighted by molar-refractivity contribution is 0.0637. The van der Waals surface area contributed by atoms with Crippen LogP contribution in [0.25, 0.3) is 0 Å². The maximum absolute atomic E-state index is 5.94. The molecule has 0 saturated heterocycles. The van der Waals surface area contributed by atoms with Gasteiger partial charge in [0.05, 0.1) is 26.0 Å². The molecular weight excluding hydrogens is 206 g/mol. The van der Waals surface area contributed by atoms with E-state index in [9.17, 15) is 0 Å². The predicted octanol–water partition coefficient (Wildman–Crippen LogP) is 0.436. The van der Waals surface area contributed by atoms with Crippen molar-refractivity contribution in [3.8, 4) is 0 Å². The third kappa shape index (κ3) is 4.74. The van der Waals surface area contributed by atoms with Gasteiger partial charge in [0.15, 0.2) is 0 Å². The predicted molar refractivity (Wildman–Crippen MR) is 62.3 cm³/mol. The lowest BCUT2D eigenvalue weighted by atomic mass is 10.1. The summed E-state index contributed by atoms with van der Waals surface area (Å²) in [6, 6.07) is 0.0198. The number of methoxy groups -OCH3 is 1. The van der Waals surface area contributed by atoms with Crippen molar-refractivity contribution in [1.29, 1.82) is 0 Å². The Labute approximate surface area is 96.5 Å². The number of rotatable bonds is 8. The van der Waals surface area contributed by atoms with Crippen LogP contribution in [0, 0.1) is 0 Å². The Bertz CT molecular complexity index is 289. The third-order valence-electron chi connectivity index (χ3n) is 2.27. The molecule has 5 nitrogen and oxygen atoms in total. The van der Waals surface area contributed by atoms with Gasteiger partial charge in [0.1, 0.15) is 0 Å². The average molecular weight is 227 g/mol. The zero-order chi connectivity index (χ0) is 11.8. The molecule has 5 heteroatoms. The van der Waals surface area contributed by atoms with Gasteiger partial charge in [0.2, 0.25) is 0 Å². The van der Waals surface area contributed by atoms with Crippen molar-refractivity contribution in [3.63, 3.8) is 0 Å². The molecule has 0 radical (unpaired) electrons. The Morgan fingerprint density at radius 3 is 2.94 bits per heavy atom. The molecule has 0 aliphatic rings. The Kier molecular flexibility index (Phi) is 6.07. The van der Waals surface area contributed by atoms with Crippen LogP contribution < -0.4 is 5.73 Å². The van der Waals surface area contributed by atoms with Gasteiger partial charge in [-0.3, -0.25) is 4.68 Å². The molecule has 0 amide bonds. The van der Waals surface area contributed by atoms with Gasteiger partial charge >= 0.3 is 0 Å². The average Bonchev–Trinajstić information content (AvgIpc) is 2.72. The fourth-order valence-electron chi connectivity index (χ4n) is 1.42. The van der Waals surface area contributed by atoms with Crippen LogP contribution in [0.5, 0.6) is 0 Å². The van der Waals surface area contributed by atoms with Crippen molar-refractivity contribution < 1.29 is 9.47 Å². The molecule has 1 unspecified atom stereocenters. The normalized spacial score (nSPS) is 12.9. The van der Waals surface area contributed by atoms with Crippen LogP contribution in [-0.4, -0.2) is 42.8 Å². The first-order valence-electron chi connectivity index (χ1n) is 5.59. The molecule has 0 aliphatic carbocycles. The highest BCUT2D eigenvalue weighted by Crippen LogP contribution is 2.01. The molecule has 0 saturated carbocycles. The van der Waals surface area contributed by atoms with E-state index in [1.807, 2.05) is 17.1 Å². The number of nitrogens with zero attached hydrogens (tertiary/aromatic N) is 2. The molecule has 0 bridgehead atoms.